The van der Waals surface area contributed by atoms with Crippen molar-refractivity contribution in [2.45, 2.75) is 19.8 Å². The van der Waals surface area contributed by atoms with Crippen molar-refractivity contribution in [2.24, 2.45) is 0 Å². The molecule has 24 heavy (non-hydrogen) atoms. The highest BCUT2D eigenvalue weighted by Crippen LogP contribution is 2.27. The molecule has 2 aromatic rings. The van der Waals surface area contributed by atoms with Crippen molar-refractivity contribution < 1.29 is 14.3 Å². The number of benzene rings is 1. The zero-order chi connectivity index (χ0) is 17.5. The monoisotopic (exact) mass is 370 g/mol. The zero-order valence-electron chi connectivity index (χ0n) is 12.9. The Labute approximate surface area is 148 Å². The van der Waals surface area contributed by atoms with Gasteiger partial charge in [-0.25, -0.2) is 0 Å². The first-order valence-electron chi connectivity index (χ1n) is 7.15. The summed E-state index contributed by atoms with van der Waals surface area (Å²) < 4.78 is 5.47. The summed E-state index contributed by atoms with van der Waals surface area (Å²) in [5, 5.41) is 7.36. The highest BCUT2D eigenvalue weighted by atomic mass is 35.5. The van der Waals surface area contributed by atoms with Crippen molar-refractivity contribution in [3.05, 3.63) is 45.7 Å². The van der Waals surface area contributed by atoms with Gasteiger partial charge in [-0.1, -0.05) is 23.2 Å². The van der Waals surface area contributed by atoms with E-state index >= 15 is 0 Å². The van der Waals surface area contributed by atoms with Crippen LogP contribution in [0.25, 0.3) is 0 Å². The average molecular weight is 371 g/mol. The second-order valence-corrected chi connectivity index (χ2v) is 5.81. The molecule has 0 aliphatic rings. The zero-order valence-corrected chi connectivity index (χ0v) is 14.4. The molecule has 0 aliphatic carbocycles. The van der Waals surface area contributed by atoms with E-state index < -0.39 is 5.91 Å². The number of aryl methyl sites for hydroxylation is 1. The SMILES string of the molecule is Cc1cc(C(=O)NNC(=O)CCCOc2ccc(Cl)cc2Cl)n[nH]1. The summed E-state index contributed by atoms with van der Waals surface area (Å²) in [4.78, 5) is 23.3. The molecule has 1 aromatic carbocycles. The van der Waals surface area contributed by atoms with E-state index in [1.807, 2.05) is 0 Å². The van der Waals surface area contributed by atoms with Crippen LogP contribution in [0.2, 0.25) is 10.0 Å². The predicted molar refractivity (Wildman–Crippen MR) is 90.1 cm³/mol. The lowest BCUT2D eigenvalue weighted by Gasteiger charge is -2.09. The van der Waals surface area contributed by atoms with Gasteiger partial charge in [-0.05, 0) is 37.6 Å². The van der Waals surface area contributed by atoms with Crippen LogP contribution in [-0.2, 0) is 4.79 Å². The van der Waals surface area contributed by atoms with Crippen molar-refractivity contribution in [1.29, 1.82) is 0 Å². The number of aromatic amines is 1. The molecule has 0 spiro atoms. The summed E-state index contributed by atoms with van der Waals surface area (Å²) in [5.41, 5.74) is 5.56. The van der Waals surface area contributed by atoms with Crippen LogP contribution in [0.5, 0.6) is 5.75 Å². The maximum atomic E-state index is 11.7. The van der Waals surface area contributed by atoms with Gasteiger partial charge < -0.3 is 4.74 Å². The molecule has 0 saturated carbocycles. The molecule has 2 amide bonds. The molecule has 0 fully saturated rings. The molecule has 0 saturated heterocycles. The van der Waals surface area contributed by atoms with Gasteiger partial charge in [-0.3, -0.25) is 25.5 Å². The second kappa shape index (κ2) is 8.56. The van der Waals surface area contributed by atoms with Crippen LogP contribution >= 0.6 is 23.2 Å². The van der Waals surface area contributed by atoms with Crippen LogP contribution in [0.1, 0.15) is 29.0 Å². The maximum absolute atomic E-state index is 11.7. The Balaban J connectivity index is 1.65. The molecule has 2 rings (SSSR count). The molecule has 0 atom stereocenters. The van der Waals surface area contributed by atoms with Crippen molar-refractivity contribution in [3.8, 4) is 5.75 Å². The number of nitrogens with zero attached hydrogens (tertiary/aromatic N) is 1. The number of amides is 2. The van der Waals surface area contributed by atoms with Crippen LogP contribution in [0.15, 0.2) is 24.3 Å². The lowest BCUT2D eigenvalue weighted by molar-refractivity contribution is -0.122. The van der Waals surface area contributed by atoms with E-state index in [0.717, 1.165) is 5.69 Å². The fourth-order valence-electron chi connectivity index (χ4n) is 1.79. The number of ether oxygens (including phenoxy) is 1. The quantitative estimate of drug-likeness (QED) is 0.537. The van der Waals surface area contributed by atoms with Gasteiger partial charge in [0.15, 0.2) is 5.69 Å². The molecule has 3 N–H and O–H groups in total. The number of carbonyl (C=O) groups excluding carboxylic acids is 2. The summed E-state index contributed by atoms with van der Waals surface area (Å²) in [6, 6.07) is 6.49. The lowest BCUT2D eigenvalue weighted by Crippen LogP contribution is -2.41. The minimum Gasteiger partial charge on any atom is -0.492 e. The fraction of sp³-hybridized carbons (Fsp3) is 0.267. The number of rotatable bonds is 6. The third-order valence-corrected chi connectivity index (χ3v) is 3.48. The van der Waals surface area contributed by atoms with Crippen molar-refractivity contribution in [3.63, 3.8) is 0 Å². The number of hydrogen-bond acceptors (Lipinski definition) is 4. The van der Waals surface area contributed by atoms with E-state index in [9.17, 15) is 9.59 Å². The molecule has 9 heteroatoms. The number of aromatic nitrogens is 2. The van der Waals surface area contributed by atoms with Crippen molar-refractivity contribution in [1.82, 2.24) is 21.0 Å². The Morgan fingerprint density at radius 1 is 1.25 bits per heavy atom. The average Bonchev–Trinajstić information content (AvgIpc) is 2.97. The van der Waals surface area contributed by atoms with Gasteiger partial charge in [-0.2, -0.15) is 5.10 Å². The van der Waals surface area contributed by atoms with Gasteiger partial charge in [-0.15, -0.1) is 0 Å². The number of hydrogen-bond donors (Lipinski definition) is 3. The molecule has 0 unspecified atom stereocenters. The molecular weight excluding hydrogens is 355 g/mol. The molecule has 0 aliphatic heterocycles. The van der Waals surface area contributed by atoms with Crippen LogP contribution < -0.4 is 15.6 Å². The Kier molecular flexibility index (Phi) is 6.45. The van der Waals surface area contributed by atoms with Crippen LogP contribution in [0.3, 0.4) is 0 Å². The van der Waals surface area contributed by atoms with Gasteiger partial charge in [0, 0.05) is 17.1 Å². The van der Waals surface area contributed by atoms with Crippen LogP contribution in [0, 0.1) is 6.92 Å². The standard InChI is InChI=1S/C15H16Cl2N4O3/c1-9-7-12(19-18-9)15(23)21-20-14(22)3-2-6-24-13-5-4-10(16)8-11(13)17/h4-5,7-8H,2-3,6H2,1H3,(H,18,19)(H,20,22)(H,21,23). The van der Waals surface area contributed by atoms with Crippen molar-refractivity contribution >= 4 is 35.0 Å². The highest BCUT2D eigenvalue weighted by Gasteiger charge is 2.10. The first-order chi connectivity index (χ1) is 11.5. The van der Waals surface area contributed by atoms with E-state index in [4.69, 9.17) is 27.9 Å². The highest BCUT2D eigenvalue weighted by molar-refractivity contribution is 6.35. The topological polar surface area (TPSA) is 96.1 Å². The van der Waals surface area contributed by atoms with Gasteiger partial charge >= 0.3 is 0 Å². The molecule has 0 radical (unpaired) electrons. The van der Waals surface area contributed by atoms with E-state index in [1.54, 1.807) is 31.2 Å². The lowest BCUT2D eigenvalue weighted by atomic mass is 10.3. The van der Waals surface area contributed by atoms with E-state index in [0.29, 0.717) is 28.8 Å². The second-order valence-electron chi connectivity index (χ2n) is 4.97. The van der Waals surface area contributed by atoms with Gasteiger partial charge in [0.05, 0.1) is 11.6 Å². The Bertz CT molecular complexity index is 733. The summed E-state index contributed by atoms with van der Waals surface area (Å²) in [6.45, 7) is 2.08. The Hall–Kier alpha value is -2.25. The summed E-state index contributed by atoms with van der Waals surface area (Å²) in [6.07, 6.45) is 0.646. The largest absolute Gasteiger partial charge is 0.492 e. The third kappa shape index (κ3) is 5.43. The Morgan fingerprint density at radius 3 is 2.71 bits per heavy atom. The summed E-state index contributed by atoms with van der Waals surface area (Å²) >= 11 is 11.8. The van der Waals surface area contributed by atoms with Crippen molar-refractivity contribution in [2.75, 3.05) is 6.61 Å². The van der Waals surface area contributed by atoms with E-state index in [1.165, 1.54) is 0 Å². The summed E-state index contributed by atoms with van der Waals surface area (Å²) in [7, 11) is 0. The maximum Gasteiger partial charge on any atom is 0.290 e. The predicted octanol–water partition coefficient (Wildman–Crippen LogP) is 2.65. The number of halogens is 2. The first kappa shape index (κ1) is 18.1. The Morgan fingerprint density at radius 2 is 2.04 bits per heavy atom. The number of carbonyl (C=O) groups is 2. The first-order valence-corrected chi connectivity index (χ1v) is 7.90. The fourth-order valence-corrected chi connectivity index (χ4v) is 2.26. The number of nitrogens with one attached hydrogen (secondary N) is 3. The number of hydrazine groups is 1. The molecule has 1 heterocycles. The third-order valence-electron chi connectivity index (χ3n) is 2.95. The number of H-pyrrole nitrogens is 1. The molecule has 1 aromatic heterocycles. The normalized spacial score (nSPS) is 10.3. The minimum absolute atomic E-state index is 0.186. The van der Waals surface area contributed by atoms with Gasteiger partial charge in [0.1, 0.15) is 5.75 Å². The van der Waals surface area contributed by atoms with E-state index in [2.05, 4.69) is 21.0 Å². The molecule has 7 nitrogen and oxygen atoms in total. The van der Waals surface area contributed by atoms with E-state index in [-0.39, 0.29) is 18.0 Å². The molecule has 0 bridgehead atoms. The molecule has 128 valence electrons. The molecular formula is C15H16Cl2N4O3. The summed E-state index contributed by atoms with van der Waals surface area (Å²) in [5.74, 6) is -0.318. The van der Waals surface area contributed by atoms with Crippen LogP contribution in [0.4, 0.5) is 0 Å². The van der Waals surface area contributed by atoms with Crippen LogP contribution in [-0.4, -0.2) is 28.6 Å². The van der Waals surface area contributed by atoms with Gasteiger partial charge in [0.25, 0.3) is 5.91 Å². The minimum atomic E-state index is -0.489. The smallest absolute Gasteiger partial charge is 0.290 e. The van der Waals surface area contributed by atoms with Gasteiger partial charge in [0.2, 0.25) is 5.91 Å².